The molecule has 0 saturated carbocycles. The molecule has 136 valence electrons. The fourth-order valence-electron chi connectivity index (χ4n) is 2.53. The number of aromatic carboxylic acids is 2. The summed E-state index contributed by atoms with van der Waals surface area (Å²) in [6.45, 7) is 2.21. The van der Waals surface area contributed by atoms with E-state index in [4.69, 9.17) is 10.2 Å². The van der Waals surface area contributed by atoms with E-state index in [1.807, 2.05) is 0 Å². The number of unbranched alkanes of at least 4 members (excludes halogenated alkanes) is 5. The third-order valence-corrected chi connectivity index (χ3v) is 5.62. The molecule has 0 radical (unpaired) electrons. The Balaban J connectivity index is 0.00000529. The maximum absolute atomic E-state index is 11.2. The molecule has 0 amide bonds. The summed E-state index contributed by atoms with van der Waals surface area (Å²) in [7, 11) is 0.193. The van der Waals surface area contributed by atoms with Gasteiger partial charge in [0, 0.05) is 5.56 Å². The van der Waals surface area contributed by atoms with Crippen molar-refractivity contribution in [3.63, 3.8) is 0 Å². The summed E-state index contributed by atoms with van der Waals surface area (Å²) in [6, 6.07) is 4.65. The van der Waals surface area contributed by atoms with E-state index in [1.165, 1.54) is 50.7 Å². The number of halogens is 1. The van der Waals surface area contributed by atoms with Gasteiger partial charge in [0.15, 0.2) is 0 Å². The lowest BCUT2D eigenvalue weighted by Gasteiger charge is -2.07. The van der Waals surface area contributed by atoms with Gasteiger partial charge in [-0.2, -0.15) is 0 Å². The van der Waals surface area contributed by atoms with Gasteiger partial charge in [-0.25, -0.2) is 9.59 Å². The predicted molar refractivity (Wildman–Crippen MR) is 95.6 cm³/mol. The van der Waals surface area contributed by atoms with E-state index in [2.05, 4.69) is 13.2 Å². The average molecular weight is 375 g/mol. The summed E-state index contributed by atoms with van der Waals surface area (Å²) < 4.78 is 0. The number of rotatable bonds is 11. The predicted octanol–water partition coefficient (Wildman–Crippen LogP) is 1.20. The van der Waals surface area contributed by atoms with Crippen LogP contribution in [0.1, 0.15) is 71.7 Å². The molecule has 0 aliphatic rings. The van der Waals surface area contributed by atoms with Crippen LogP contribution in [0.5, 0.6) is 0 Å². The number of benzene rings is 1. The SMILES string of the molecule is CCCCCCCC[S+](C)Cc1ccc(C(=O)O)c(C(=O)O)c1.[Cl-]. The third kappa shape index (κ3) is 8.06. The highest BCUT2D eigenvalue weighted by Crippen LogP contribution is 2.16. The Hall–Kier alpha value is -1.20. The van der Waals surface area contributed by atoms with Crippen molar-refractivity contribution in [2.75, 3.05) is 12.0 Å². The van der Waals surface area contributed by atoms with Gasteiger partial charge in [-0.3, -0.25) is 0 Å². The molecule has 6 heteroatoms. The van der Waals surface area contributed by atoms with Crippen molar-refractivity contribution in [1.29, 1.82) is 0 Å². The molecule has 0 bridgehead atoms. The Morgan fingerprint density at radius 1 is 0.958 bits per heavy atom. The molecule has 0 aromatic heterocycles. The minimum atomic E-state index is -1.20. The van der Waals surface area contributed by atoms with Crippen LogP contribution in [0.4, 0.5) is 0 Å². The molecule has 24 heavy (non-hydrogen) atoms. The molecule has 1 unspecified atom stereocenters. The molecule has 1 aromatic carbocycles. The van der Waals surface area contributed by atoms with Crippen molar-refractivity contribution < 1.29 is 32.2 Å². The van der Waals surface area contributed by atoms with E-state index in [9.17, 15) is 9.59 Å². The maximum atomic E-state index is 11.2. The monoisotopic (exact) mass is 374 g/mol. The van der Waals surface area contributed by atoms with Gasteiger partial charge in [-0.05, 0) is 35.9 Å². The molecule has 0 fully saturated rings. The van der Waals surface area contributed by atoms with E-state index in [-0.39, 0.29) is 34.4 Å². The summed E-state index contributed by atoms with van der Waals surface area (Å²) in [5, 5.41) is 18.2. The van der Waals surface area contributed by atoms with Crippen molar-refractivity contribution in [1.82, 2.24) is 0 Å². The summed E-state index contributed by atoms with van der Waals surface area (Å²) in [5.41, 5.74) is 0.643. The summed E-state index contributed by atoms with van der Waals surface area (Å²) in [6.07, 6.45) is 9.84. The Morgan fingerprint density at radius 3 is 2.12 bits per heavy atom. The second-order valence-corrected chi connectivity index (χ2v) is 8.15. The highest BCUT2D eigenvalue weighted by molar-refractivity contribution is 7.95. The summed E-state index contributed by atoms with van der Waals surface area (Å²) >= 11 is 0. The van der Waals surface area contributed by atoms with Crippen LogP contribution in [0.3, 0.4) is 0 Å². The second-order valence-electron chi connectivity index (χ2n) is 5.89. The smallest absolute Gasteiger partial charge is 0.336 e. The number of carbonyl (C=O) groups is 2. The van der Waals surface area contributed by atoms with Gasteiger partial charge in [-0.1, -0.05) is 38.7 Å². The molecule has 1 aromatic rings. The summed E-state index contributed by atoms with van der Waals surface area (Å²) in [5.74, 6) is -0.419. The molecule has 0 heterocycles. The molecular weight excluding hydrogens is 348 g/mol. The normalized spacial score (nSPS) is 11.6. The second kappa shape index (κ2) is 12.2. The number of carboxylic acids is 2. The molecule has 0 aliphatic carbocycles. The van der Waals surface area contributed by atoms with E-state index < -0.39 is 11.9 Å². The topological polar surface area (TPSA) is 74.6 Å². The van der Waals surface area contributed by atoms with Crippen molar-refractivity contribution in [2.45, 2.75) is 51.2 Å². The van der Waals surface area contributed by atoms with E-state index in [0.717, 1.165) is 17.1 Å². The first-order valence-electron chi connectivity index (χ1n) is 8.14. The Kier molecular flexibility index (Phi) is 11.6. The zero-order chi connectivity index (χ0) is 17.2. The van der Waals surface area contributed by atoms with E-state index >= 15 is 0 Å². The minimum absolute atomic E-state index is 0. The van der Waals surface area contributed by atoms with Gasteiger partial charge in [0.25, 0.3) is 0 Å². The van der Waals surface area contributed by atoms with Crippen LogP contribution < -0.4 is 12.4 Å². The summed E-state index contributed by atoms with van der Waals surface area (Å²) in [4.78, 5) is 22.2. The van der Waals surface area contributed by atoms with Crippen LogP contribution in [0, 0.1) is 0 Å². The van der Waals surface area contributed by atoms with Gasteiger partial charge in [0.1, 0.15) is 11.5 Å². The third-order valence-electron chi connectivity index (χ3n) is 3.80. The molecule has 0 saturated heterocycles. The van der Waals surface area contributed by atoms with E-state index in [0.29, 0.717) is 0 Å². The molecule has 4 nitrogen and oxygen atoms in total. The minimum Gasteiger partial charge on any atom is -1.00 e. The van der Waals surface area contributed by atoms with Crippen LogP contribution in [-0.2, 0) is 16.6 Å². The van der Waals surface area contributed by atoms with Crippen LogP contribution in [-0.4, -0.2) is 34.2 Å². The Morgan fingerprint density at radius 2 is 1.54 bits per heavy atom. The Labute approximate surface area is 153 Å². The Bertz CT molecular complexity index is 534. The first-order valence-corrected chi connectivity index (χ1v) is 10.1. The highest BCUT2D eigenvalue weighted by atomic mass is 35.5. The lowest BCUT2D eigenvalue weighted by molar-refractivity contribution is -0.0000342. The van der Waals surface area contributed by atoms with Gasteiger partial charge in [0.2, 0.25) is 0 Å². The van der Waals surface area contributed by atoms with Crippen molar-refractivity contribution in [3.05, 3.63) is 34.9 Å². The quantitative estimate of drug-likeness (QED) is 0.451. The highest BCUT2D eigenvalue weighted by Gasteiger charge is 2.19. The van der Waals surface area contributed by atoms with Crippen LogP contribution in [0.25, 0.3) is 0 Å². The van der Waals surface area contributed by atoms with Crippen LogP contribution in [0.15, 0.2) is 18.2 Å². The molecular formula is C18H27ClO4S. The van der Waals surface area contributed by atoms with Gasteiger partial charge in [0.05, 0.1) is 17.4 Å². The maximum Gasteiger partial charge on any atom is 0.336 e. The van der Waals surface area contributed by atoms with Crippen molar-refractivity contribution in [3.8, 4) is 0 Å². The lowest BCUT2D eigenvalue weighted by atomic mass is 10.0. The van der Waals surface area contributed by atoms with Crippen LogP contribution >= 0.6 is 0 Å². The molecule has 0 aliphatic heterocycles. The van der Waals surface area contributed by atoms with Crippen molar-refractivity contribution in [2.24, 2.45) is 0 Å². The van der Waals surface area contributed by atoms with Gasteiger partial charge in [-0.15, -0.1) is 0 Å². The van der Waals surface area contributed by atoms with E-state index in [1.54, 1.807) is 6.07 Å². The molecule has 0 spiro atoms. The average Bonchev–Trinajstić information content (AvgIpc) is 2.50. The van der Waals surface area contributed by atoms with Gasteiger partial charge >= 0.3 is 11.9 Å². The first-order chi connectivity index (χ1) is 11.0. The lowest BCUT2D eigenvalue weighted by Crippen LogP contribution is -3.00. The molecule has 1 rings (SSSR count). The van der Waals surface area contributed by atoms with Crippen LogP contribution in [0.2, 0.25) is 0 Å². The number of hydrogen-bond acceptors (Lipinski definition) is 2. The zero-order valence-electron chi connectivity index (χ0n) is 14.4. The molecule has 2 N–H and O–H groups in total. The number of hydrogen-bond donors (Lipinski definition) is 2. The fourth-order valence-corrected chi connectivity index (χ4v) is 4.12. The fraction of sp³-hybridized carbons (Fsp3) is 0.556. The van der Waals surface area contributed by atoms with Gasteiger partial charge < -0.3 is 22.6 Å². The molecule has 1 atom stereocenters. The standard InChI is InChI=1S/C18H26O4S.ClH/c1-3-4-5-6-7-8-11-23(2)13-14-9-10-15(17(19)20)16(12-14)18(21)22;/h9-10,12H,3-8,11,13H2,1-2H3,(H-,19,20,21,22);1H. The largest absolute Gasteiger partial charge is 1.00 e. The number of carboxylic acid groups (broad SMARTS) is 2. The first kappa shape index (κ1) is 22.8. The van der Waals surface area contributed by atoms with Crippen molar-refractivity contribution >= 4 is 22.8 Å². The zero-order valence-corrected chi connectivity index (χ0v) is 16.0.